The van der Waals surface area contributed by atoms with Crippen molar-refractivity contribution < 1.29 is 27.9 Å². The number of fused-ring (bicyclic) bond motifs is 1. The van der Waals surface area contributed by atoms with Crippen molar-refractivity contribution in [1.82, 2.24) is 16.0 Å². The van der Waals surface area contributed by atoms with Crippen molar-refractivity contribution in [1.29, 1.82) is 0 Å². The number of carbonyl (C=O) groups is 2. The number of hydrogen-bond acceptors (Lipinski definition) is 9. The van der Waals surface area contributed by atoms with Gasteiger partial charge in [0.05, 0.1) is 16.7 Å². The molecule has 4 rings (SSSR count). The van der Waals surface area contributed by atoms with Crippen molar-refractivity contribution >= 4 is 46.0 Å². The Morgan fingerprint density at radius 3 is 2.48 bits per heavy atom. The van der Waals surface area contributed by atoms with Gasteiger partial charge in [-0.1, -0.05) is 69.2 Å². The van der Waals surface area contributed by atoms with E-state index in [4.69, 9.17) is 4.74 Å². The molecule has 2 unspecified atom stereocenters. The van der Waals surface area contributed by atoms with Crippen LogP contribution < -0.4 is 20.7 Å². The van der Waals surface area contributed by atoms with Crippen LogP contribution in [-0.2, 0) is 19.4 Å². The van der Waals surface area contributed by atoms with Gasteiger partial charge in [0.15, 0.2) is 16.4 Å². The first-order valence-corrected chi connectivity index (χ1v) is 18.9. The molecule has 248 valence electrons. The third kappa shape index (κ3) is 8.58. The van der Waals surface area contributed by atoms with Crippen LogP contribution in [0.2, 0.25) is 0 Å². The lowest BCUT2D eigenvalue weighted by Crippen LogP contribution is -2.50. The molecule has 12 heteroatoms. The van der Waals surface area contributed by atoms with Crippen molar-refractivity contribution in [3.05, 3.63) is 83.4 Å². The molecule has 0 bridgehead atoms. The van der Waals surface area contributed by atoms with E-state index in [2.05, 4.69) is 35.5 Å². The van der Waals surface area contributed by atoms with Gasteiger partial charge in [0, 0.05) is 28.8 Å². The molecule has 0 fully saturated rings. The van der Waals surface area contributed by atoms with Gasteiger partial charge in [0.2, 0.25) is 5.91 Å². The normalized spacial score (nSPS) is 19.3. The van der Waals surface area contributed by atoms with Crippen LogP contribution in [0.25, 0.3) is 0 Å². The summed E-state index contributed by atoms with van der Waals surface area (Å²) in [4.78, 5) is 26.9. The topological polar surface area (TPSA) is 134 Å². The molecular weight excluding hydrogens is 643 g/mol. The van der Waals surface area contributed by atoms with Crippen molar-refractivity contribution in [3.63, 3.8) is 0 Å². The second kappa shape index (κ2) is 16.1. The first-order chi connectivity index (χ1) is 22.1. The molecule has 4 N–H and O–H groups in total. The van der Waals surface area contributed by atoms with E-state index < -0.39 is 39.8 Å². The Kier molecular flexibility index (Phi) is 12.5. The summed E-state index contributed by atoms with van der Waals surface area (Å²) in [5.74, 6) is -0.339. The van der Waals surface area contributed by atoms with Gasteiger partial charge in [-0.15, -0.1) is 11.8 Å². The van der Waals surface area contributed by atoms with E-state index in [9.17, 15) is 23.1 Å². The minimum Gasteiger partial charge on any atom is -0.508 e. The van der Waals surface area contributed by atoms with E-state index in [1.165, 1.54) is 23.9 Å². The fraction of sp³-hybridized carbons (Fsp3) is 0.412. The van der Waals surface area contributed by atoms with Crippen molar-refractivity contribution in [2.45, 2.75) is 66.9 Å². The van der Waals surface area contributed by atoms with Crippen LogP contribution in [0, 0.1) is 0 Å². The number of hydrogen-bond donors (Lipinski definition) is 5. The van der Waals surface area contributed by atoms with Crippen LogP contribution in [0.5, 0.6) is 11.5 Å². The number of rotatable bonds is 14. The average molecular weight is 686 g/mol. The molecule has 0 aliphatic carbocycles. The van der Waals surface area contributed by atoms with Gasteiger partial charge in [-0.3, -0.25) is 14.9 Å². The standard InChI is InChI=1S/C34H43N3O6S3/c1-4-6-16-34(5-2)22-46(41,42)29-20-27(28(45-3)19-26(29)31(37-34)23-10-8-7-9-11-23)43-21-30(39)36-32(33(40)35-17-18-44)24-12-14-25(38)15-13-24/h7-15,19-20,31-32,37-38,44H,4-6,16-18,21-22H2,1-3H3,(H,35,40)(H,36,39)/t31?,32-,34?/m1/s1. The highest BCUT2D eigenvalue weighted by Gasteiger charge is 2.42. The Morgan fingerprint density at radius 1 is 1.13 bits per heavy atom. The quantitative estimate of drug-likeness (QED) is 0.116. The third-order valence-electron chi connectivity index (χ3n) is 8.24. The largest absolute Gasteiger partial charge is 0.508 e. The number of benzene rings is 3. The summed E-state index contributed by atoms with van der Waals surface area (Å²) < 4.78 is 34.3. The summed E-state index contributed by atoms with van der Waals surface area (Å²) in [5, 5.41) is 18.9. The van der Waals surface area contributed by atoms with Crippen LogP contribution >= 0.6 is 24.4 Å². The molecule has 3 atom stereocenters. The van der Waals surface area contributed by atoms with Crippen LogP contribution in [0.15, 0.2) is 76.5 Å². The highest BCUT2D eigenvalue weighted by molar-refractivity contribution is 7.98. The molecule has 0 spiro atoms. The molecule has 46 heavy (non-hydrogen) atoms. The smallest absolute Gasteiger partial charge is 0.258 e. The molecule has 1 aliphatic rings. The Labute approximate surface area is 281 Å². The lowest BCUT2D eigenvalue weighted by Gasteiger charge is -2.36. The number of nitrogens with one attached hydrogen (secondary N) is 3. The summed E-state index contributed by atoms with van der Waals surface area (Å²) in [6, 6.07) is 17.8. The Balaban J connectivity index is 1.67. The number of carbonyl (C=O) groups excluding carboxylic acids is 2. The SMILES string of the molecule is CCCCC1(CC)CS(=O)(=O)c2cc(OCC(=O)N[C@@H](C(=O)NCCS)c3ccc(O)cc3)c(SC)cc2C(c2ccccc2)N1. The molecule has 0 saturated heterocycles. The number of thiol groups is 1. The predicted octanol–water partition coefficient (Wildman–Crippen LogP) is 5.20. The maximum atomic E-state index is 14.1. The van der Waals surface area contributed by atoms with Crippen molar-refractivity contribution in [2.75, 3.05) is 30.9 Å². The second-order valence-corrected chi connectivity index (χ2v) is 14.7. The van der Waals surface area contributed by atoms with Crippen LogP contribution in [0.1, 0.15) is 68.3 Å². The molecule has 1 heterocycles. The Morgan fingerprint density at radius 2 is 1.85 bits per heavy atom. The number of ether oxygens (including phenoxy) is 1. The zero-order valence-electron chi connectivity index (χ0n) is 26.4. The first kappa shape index (κ1) is 35.7. The summed E-state index contributed by atoms with van der Waals surface area (Å²) in [6.45, 7) is 3.99. The summed E-state index contributed by atoms with van der Waals surface area (Å²) in [7, 11) is -3.77. The van der Waals surface area contributed by atoms with E-state index in [0.717, 1.165) is 24.8 Å². The molecule has 2 amide bonds. The molecule has 3 aromatic carbocycles. The number of phenols is 1. The first-order valence-electron chi connectivity index (χ1n) is 15.4. The second-order valence-electron chi connectivity index (χ2n) is 11.4. The van der Waals surface area contributed by atoms with Crippen LogP contribution in [0.4, 0.5) is 0 Å². The number of aromatic hydroxyl groups is 1. The van der Waals surface area contributed by atoms with Gasteiger partial charge in [-0.2, -0.15) is 12.6 Å². The molecule has 9 nitrogen and oxygen atoms in total. The fourth-order valence-electron chi connectivity index (χ4n) is 5.73. The fourth-order valence-corrected chi connectivity index (χ4v) is 8.55. The van der Waals surface area contributed by atoms with Crippen LogP contribution in [0.3, 0.4) is 0 Å². The highest BCUT2D eigenvalue weighted by Crippen LogP contribution is 2.42. The molecule has 0 radical (unpaired) electrons. The highest BCUT2D eigenvalue weighted by atomic mass is 32.2. The molecule has 0 saturated carbocycles. The van der Waals surface area contributed by atoms with Gasteiger partial charge >= 0.3 is 0 Å². The monoisotopic (exact) mass is 685 g/mol. The zero-order valence-corrected chi connectivity index (χ0v) is 28.9. The van der Waals surface area contributed by atoms with Gasteiger partial charge in [-0.05, 0) is 54.0 Å². The molecule has 3 aromatic rings. The van der Waals surface area contributed by atoms with Gasteiger partial charge < -0.3 is 20.5 Å². The number of amides is 2. The van der Waals surface area contributed by atoms with Crippen molar-refractivity contribution in [3.8, 4) is 11.5 Å². The minimum atomic E-state index is -3.77. The zero-order chi connectivity index (χ0) is 33.3. The van der Waals surface area contributed by atoms with E-state index in [1.54, 1.807) is 18.2 Å². The number of phenolic OH excluding ortho intramolecular Hbond substituents is 1. The molecular formula is C34H43N3O6S3. The maximum Gasteiger partial charge on any atom is 0.258 e. The summed E-state index contributed by atoms with van der Waals surface area (Å²) >= 11 is 5.53. The molecule has 1 aliphatic heterocycles. The predicted molar refractivity (Wildman–Crippen MR) is 186 cm³/mol. The molecule has 0 aromatic heterocycles. The summed E-state index contributed by atoms with van der Waals surface area (Å²) in [6.07, 6.45) is 5.08. The van der Waals surface area contributed by atoms with Gasteiger partial charge in [-0.25, -0.2) is 8.42 Å². The average Bonchev–Trinajstić information content (AvgIpc) is 3.16. The Hall–Kier alpha value is -3.19. The van der Waals surface area contributed by atoms with Crippen molar-refractivity contribution in [2.24, 2.45) is 0 Å². The van der Waals surface area contributed by atoms with E-state index >= 15 is 0 Å². The van der Waals surface area contributed by atoms with E-state index in [1.807, 2.05) is 49.6 Å². The van der Waals surface area contributed by atoms with E-state index in [0.29, 0.717) is 34.7 Å². The van der Waals surface area contributed by atoms with Gasteiger partial charge in [0.25, 0.3) is 5.91 Å². The lowest BCUT2D eigenvalue weighted by molar-refractivity contribution is -0.130. The van der Waals surface area contributed by atoms with E-state index in [-0.39, 0.29) is 28.2 Å². The number of sulfone groups is 1. The third-order valence-corrected chi connectivity index (χ3v) is 11.2. The lowest BCUT2D eigenvalue weighted by atomic mass is 9.88. The van der Waals surface area contributed by atoms with Gasteiger partial charge in [0.1, 0.15) is 17.5 Å². The maximum absolute atomic E-state index is 14.1. The number of unbranched alkanes of at least 4 members (excludes halogenated alkanes) is 1. The minimum absolute atomic E-state index is 0.0296. The number of thioether (sulfide) groups is 1. The van der Waals surface area contributed by atoms with Crippen LogP contribution in [-0.4, -0.2) is 61.8 Å². The summed E-state index contributed by atoms with van der Waals surface area (Å²) in [5.41, 5.74) is 1.47. The Bertz CT molecular complexity index is 1600.